The van der Waals surface area contributed by atoms with E-state index in [2.05, 4.69) is 121 Å². The van der Waals surface area contributed by atoms with Crippen molar-refractivity contribution in [1.82, 2.24) is 0 Å². The predicted molar refractivity (Wildman–Crippen MR) is 156 cm³/mol. The summed E-state index contributed by atoms with van der Waals surface area (Å²) in [6, 6.07) is 45.5. The molecule has 4 aromatic carbocycles. The molecule has 3 fully saturated rings. The largest absolute Gasteiger partial charge is 0.0622 e. The van der Waals surface area contributed by atoms with Crippen molar-refractivity contribution in [3.8, 4) is 0 Å². The number of rotatable bonds is 6. The van der Waals surface area contributed by atoms with Gasteiger partial charge in [0, 0.05) is 16.8 Å². The summed E-state index contributed by atoms with van der Waals surface area (Å²) in [6.45, 7) is 0. The maximum absolute atomic E-state index is 2.38. The van der Waals surface area contributed by atoms with Crippen LogP contribution in [0.2, 0.25) is 0 Å². The molecule has 4 heteroatoms. The van der Waals surface area contributed by atoms with Crippen LogP contribution in [0.3, 0.4) is 0 Å². The molecule has 0 unspecified atom stereocenters. The molecule has 35 heavy (non-hydrogen) atoms. The molecule has 0 amide bonds. The molecular formula is C31H28B2P2. The van der Waals surface area contributed by atoms with Gasteiger partial charge in [0.2, 0.25) is 0 Å². The molecule has 0 heterocycles. The fourth-order valence-electron chi connectivity index (χ4n) is 6.59. The van der Waals surface area contributed by atoms with E-state index in [9.17, 15) is 0 Å². The molecule has 3 aliphatic rings. The Kier molecular flexibility index (Phi) is 6.59. The summed E-state index contributed by atoms with van der Waals surface area (Å²) in [4.78, 5) is 0. The van der Waals surface area contributed by atoms with Crippen LogP contribution in [0, 0.1) is 10.8 Å². The molecule has 0 bridgehead atoms. The lowest BCUT2D eigenvalue weighted by molar-refractivity contribution is 0.721. The number of benzene rings is 4. The maximum atomic E-state index is 2.38. The summed E-state index contributed by atoms with van der Waals surface area (Å²) in [5, 5.41) is 6.25. The lowest BCUT2D eigenvalue weighted by Crippen LogP contribution is -2.17. The Morgan fingerprint density at radius 2 is 0.686 bits per heavy atom. The Bertz CT molecular complexity index is 1090. The summed E-state index contributed by atoms with van der Waals surface area (Å²) in [6.07, 6.45) is 4.34. The van der Waals surface area contributed by atoms with Crippen LogP contribution >= 0.6 is 15.8 Å². The van der Waals surface area contributed by atoms with E-state index in [1.807, 2.05) is 0 Å². The van der Waals surface area contributed by atoms with Gasteiger partial charge in [-0.2, -0.15) is 0 Å². The van der Waals surface area contributed by atoms with Gasteiger partial charge in [-0.15, -0.1) is 0 Å². The van der Waals surface area contributed by atoms with E-state index in [4.69, 9.17) is 0 Å². The van der Waals surface area contributed by atoms with Crippen molar-refractivity contribution in [2.45, 2.75) is 30.6 Å². The molecule has 6 radical (unpaired) electrons. The minimum atomic E-state index is -0.282. The minimum Gasteiger partial charge on any atom is -0.0622 e. The molecule has 168 valence electrons. The van der Waals surface area contributed by atoms with E-state index in [0.717, 1.165) is 11.3 Å². The van der Waals surface area contributed by atoms with Crippen LogP contribution < -0.4 is 21.2 Å². The predicted octanol–water partition coefficient (Wildman–Crippen LogP) is 5.41. The zero-order valence-corrected chi connectivity index (χ0v) is 21.7. The molecule has 3 saturated carbocycles. The van der Waals surface area contributed by atoms with Crippen LogP contribution in [-0.2, 0) is 0 Å². The van der Waals surface area contributed by atoms with Crippen molar-refractivity contribution in [1.29, 1.82) is 0 Å². The van der Waals surface area contributed by atoms with E-state index in [0.29, 0.717) is 10.8 Å². The zero-order chi connectivity index (χ0) is 21.9. The van der Waals surface area contributed by atoms with Gasteiger partial charge in [-0.25, -0.2) is 0 Å². The fourth-order valence-corrected chi connectivity index (χ4v) is 13.3. The Morgan fingerprint density at radius 3 is 0.943 bits per heavy atom. The SMILES string of the molecule is [B].[B].c1ccc(P(c2ccccc2)[C@@H]2C[C@@]23C[C@@]32C[C@H]2P(c2ccccc2)c2ccccc2)cc1. The van der Waals surface area contributed by atoms with Crippen LogP contribution in [0.25, 0.3) is 0 Å². The summed E-state index contributed by atoms with van der Waals surface area (Å²) >= 11 is 0. The van der Waals surface area contributed by atoms with Crippen LogP contribution in [0.15, 0.2) is 121 Å². The van der Waals surface area contributed by atoms with E-state index in [1.54, 1.807) is 21.2 Å². The second kappa shape index (κ2) is 9.39. The molecular weight excluding hydrogens is 456 g/mol. The number of hydrogen-bond acceptors (Lipinski definition) is 0. The first-order valence-corrected chi connectivity index (χ1v) is 14.9. The molecule has 0 aliphatic heterocycles. The highest BCUT2D eigenvalue weighted by molar-refractivity contribution is 7.74. The highest BCUT2D eigenvalue weighted by atomic mass is 31.1. The average Bonchev–Trinajstić information content (AvgIpc) is 3.84. The first-order chi connectivity index (χ1) is 16.3. The Morgan fingerprint density at radius 1 is 0.429 bits per heavy atom. The van der Waals surface area contributed by atoms with Crippen LogP contribution in [-0.4, -0.2) is 28.1 Å². The first kappa shape index (κ1) is 24.6. The standard InChI is InChI=1S/C31H28P2.2B/c1-5-13-24(14-6-1)32(25-15-7-2-8-16-25)28-21-30(28)23-31(30)22-29(31)33(26-17-9-3-10-18-26)27-19-11-4-12-20-27;;/h1-20,28-29H,21-23H2;;/t28-,29-,30-,31-;;/m1../s1. The van der Waals surface area contributed by atoms with Gasteiger partial charge in [-0.1, -0.05) is 121 Å². The third-order valence-corrected chi connectivity index (χ3v) is 14.3. The van der Waals surface area contributed by atoms with E-state index >= 15 is 0 Å². The molecule has 2 spiro atoms. The fraction of sp³-hybridized carbons (Fsp3) is 0.226. The Balaban J connectivity index is 0.00000127. The van der Waals surface area contributed by atoms with Crippen molar-refractivity contribution >= 4 is 53.9 Å². The van der Waals surface area contributed by atoms with Gasteiger partial charge >= 0.3 is 0 Å². The molecule has 0 saturated heterocycles. The number of hydrogen-bond donors (Lipinski definition) is 0. The van der Waals surface area contributed by atoms with E-state index in [1.165, 1.54) is 19.3 Å². The average molecular weight is 484 g/mol. The smallest absolute Gasteiger partial charge is 0 e. The Labute approximate surface area is 216 Å². The third kappa shape index (κ3) is 3.95. The lowest BCUT2D eigenvalue weighted by Gasteiger charge is -2.20. The highest BCUT2D eigenvalue weighted by Gasteiger charge is 2.89. The quantitative estimate of drug-likeness (QED) is 0.254. The second-order valence-corrected chi connectivity index (χ2v) is 14.8. The van der Waals surface area contributed by atoms with Gasteiger partial charge in [0.1, 0.15) is 0 Å². The minimum absolute atomic E-state index is 0. The van der Waals surface area contributed by atoms with E-state index < -0.39 is 0 Å². The monoisotopic (exact) mass is 484 g/mol. The molecule has 4 aromatic rings. The summed E-state index contributed by atoms with van der Waals surface area (Å²) in [5.74, 6) is 0. The van der Waals surface area contributed by atoms with Crippen molar-refractivity contribution in [3.05, 3.63) is 121 Å². The summed E-state index contributed by atoms with van der Waals surface area (Å²) in [7, 11) is -0.565. The van der Waals surface area contributed by atoms with Crippen molar-refractivity contribution in [2.75, 3.05) is 0 Å². The molecule has 0 N–H and O–H groups in total. The normalized spacial score (nSPS) is 27.4. The van der Waals surface area contributed by atoms with Gasteiger partial charge in [0.25, 0.3) is 0 Å². The van der Waals surface area contributed by atoms with Gasteiger partial charge in [-0.05, 0) is 78.5 Å². The van der Waals surface area contributed by atoms with Crippen LogP contribution in [0.1, 0.15) is 19.3 Å². The number of fused-ring (bicyclic) bond motifs is 1. The van der Waals surface area contributed by atoms with Crippen molar-refractivity contribution < 1.29 is 0 Å². The lowest BCUT2D eigenvalue weighted by atomic mass is 10.3. The summed E-state index contributed by atoms with van der Waals surface area (Å²) < 4.78 is 0. The molecule has 0 nitrogen and oxygen atoms in total. The first-order valence-electron chi connectivity index (χ1n) is 12.1. The molecule has 4 atom stereocenters. The third-order valence-electron chi connectivity index (χ3n) is 8.33. The van der Waals surface area contributed by atoms with Gasteiger partial charge in [0.05, 0.1) is 0 Å². The topological polar surface area (TPSA) is 0 Å². The second-order valence-electron chi connectivity index (χ2n) is 10.0. The van der Waals surface area contributed by atoms with Gasteiger partial charge < -0.3 is 0 Å². The van der Waals surface area contributed by atoms with Gasteiger partial charge in [-0.3, -0.25) is 0 Å². The Hall–Kier alpha value is -2.13. The summed E-state index contributed by atoms with van der Waals surface area (Å²) in [5.41, 5.74) is 2.93. The highest BCUT2D eigenvalue weighted by Crippen LogP contribution is 2.96. The molecule has 7 rings (SSSR count). The van der Waals surface area contributed by atoms with Gasteiger partial charge in [0.15, 0.2) is 0 Å². The maximum Gasteiger partial charge on any atom is 0 e. The molecule has 3 aliphatic carbocycles. The van der Waals surface area contributed by atoms with Crippen molar-refractivity contribution in [3.63, 3.8) is 0 Å². The van der Waals surface area contributed by atoms with Crippen LogP contribution in [0.5, 0.6) is 0 Å². The van der Waals surface area contributed by atoms with E-state index in [-0.39, 0.29) is 32.7 Å². The molecule has 0 aromatic heterocycles. The zero-order valence-electron chi connectivity index (χ0n) is 19.9. The van der Waals surface area contributed by atoms with Crippen LogP contribution in [0.4, 0.5) is 0 Å². The van der Waals surface area contributed by atoms with Crippen molar-refractivity contribution in [2.24, 2.45) is 10.8 Å².